The zero-order chi connectivity index (χ0) is 26.6. The number of rotatable bonds is 8. The van der Waals surface area contributed by atoms with Crippen LogP contribution in [0.3, 0.4) is 0 Å². The highest BCUT2D eigenvalue weighted by molar-refractivity contribution is 7.92. The normalized spacial score (nSPS) is 11.7. The minimum atomic E-state index is -4.45. The molecule has 1 N–H and O–H groups in total. The van der Waals surface area contributed by atoms with E-state index in [9.17, 15) is 21.6 Å². The molecule has 6 nitrogen and oxygen atoms in total. The molecule has 0 unspecified atom stereocenters. The highest BCUT2D eigenvalue weighted by Gasteiger charge is 2.30. The van der Waals surface area contributed by atoms with Crippen LogP contribution in [0.5, 0.6) is 5.75 Å². The lowest BCUT2D eigenvalue weighted by atomic mass is 10.0. The third-order valence-corrected chi connectivity index (χ3v) is 6.14. The van der Waals surface area contributed by atoms with Crippen LogP contribution in [0.4, 0.5) is 30.4 Å². The zero-order valence-corrected chi connectivity index (χ0v) is 20.8. The van der Waals surface area contributed by atoms with Crippen molar-refractivity contribution in [2.24, 2.45) is 0 Å². The number of hydrogen-bond donors (Lipinski definition) is 1. The predicted molar refractivity (Wildman–Crippen MR) is 138 cm³/mol. The number of anilines is 3. The molecular weight excluding hydrogens is 503 g/mol. The van der Waals surface area contributed by atoms with Gasteiger partial charge in [0, 0.05) is 29.7 Å². The lowest BCUT2D eigenvalue weighted by molar-refractivity contribution is -0.137. The lowest BCUT2D eigenvalue weighted by Crippen LogP contribution is -2.18. The third-order valence-electron chi connectivity index (χ3n) is 5.56. The maximum atomic E-state index is 13.2. The van der Waals surface area contributed by atoms with Gasteiger partial charge in [0.25, 0.3) is 0 Å². The second-order valence-electron chi connectivity index (χ2n) is 8.30. The third kappa shape index (κ3) is 6.59. The maximum Gasteiger partial charge on any atom is 0.416 e. The molecular formula is C27H24F3N3O3S. The summed E-state index contributed by atoms with van der Waals surface area (Å²) in [7, 11) is -1.96. The topological polar surface area (TPSA) is 71.5 Å². The average Bonchev–Trinajstić information content (AvgIpc) is 2.86. The SMILES string of the molecule is COc1ccc(CN(c2ccc(C(F)(F)F)cc2)c2ccccc2-c2ccnc(NS(C)(=O)=O)c2)cc1. The van der Waals surface area contributed by atoms with Crippen LogP contribution in [-0.2, 0) is 22.7 Å². The standard InChI is InChI=1S/C27H24F3N3O3S/c1-36-23-13-7-19(8-14-23)18-33(22-11-9-21(10-12-22)27(28,29)30)25-6-4-3-5-24(25)20-15-16-31-26(17-20)32-37(2,34)35/h3-17H,18H2,1-2H3,(H,31,32). The highest BCUT2D eigenvalue weighted by atomic mass is 32.2. The Morgan fingerprint density at radius 1 is 0.946 bits per heavy atom. The summed E-state index contributed by atoms with van der Waals surface area (Å²) >= 11 is 0. The number of halogens is 3. The molecule has 0 radical (unpaired) electrons. The van der Waals surface area contributed by atoms with Gasteiger partial charge in [-0.2, -0.15) is 13.2 Å². The molecule has 0 saturated carbocycles. The first-order chi connectivity index (χ1) is 17.5. The average molecular weight is 528 g/mol. The van der Waals surface area contributed by atoms with Crippen LogP contribution < -0.4 is 14.4 Å². The minimum Gasteiger partial charge on any atom is -0.497 e. The number of para-hydroxylation sites is 1. The molecule has 4 aromatic rings. The van der Waals surface area contributed by atoms with Crippen molar-refractivity contribution in [3.05, 3.63) is 102 Å². The molecule has 4 rings (SSSR count). The molecule has 0 bridgehead atoms. The molecule has 0 amide bonds. The number of sulfonamides is 1. The molecule has 1 aromatic heterocycles. The number of pyridine rings is 1. The lowest BCUT2D eigenvalue weighted by Gasteiger charge is -2.28. The van der Waals surface area contributed by atoms with Gasteiger partial charge in [0.15, 0.2) is 0 Å². The molecule has 3 aromatic carbocycles. The van der Waals surface area contributed by atoms with E-state index in [1.54, 1.807) is 19.2 Å². The van der Waals surface area contributed by atoms with Gasteiger partial charge < -0.3 is 9.64 Å². The molecule has 0 aliphatic carbocycles. The van der Waals surface area contributed by atoms with Gasteiger partial charge >= 0.3 is 6.18 Å². The Kier molecular flexibility index (Phi) is 7.40. The number of benzene rings is 3. The molecule has 0 fully saturated rings. The van der Waals surface area contributed by atoms with Crippen molar-refractivity contribution in [3.8, 4) is 16.9 Å². The largest absolute Gasteiger partial charge is 0.497 e. The van der Waals surface area contributed by atoms with Gasteiger partial charge in [0.2, 0.25) is 10.0 Å². The molecule has 0 aliphatic rings. The molecule has 192 valence electrons. The first-order valence-electron chi connectivity index (χ1n) is 11.1. The Morgan fingerprint density at radius 2 is 1.62 bits per heavy atom. The van der Waals surface area contributed by atoms with E-state index < -0.39 is 21.8 Å². The number of alkyl halides is 3. The van der Waals surface area contributed by atoms with Gasteiger partial charge in [-0.25, -0.2) is 13.4 Å². The number of aromatic nitrogens is 1. The number of methoxy groups -OCH3 is 1. The van der Waals surface area contributed by atoms with Gasteiger partial charge in [-0.1, -0.05) is 30.3 Å². The second-order valence-corrected chi connectivity index (χ2v) is 10.0. The Labute approximate surface area is 213 Å². The molecule has 10 heteroatoms. The monoisotopic (exact) mass is 527 g/mol. The molecule has 0 saturated heterocycles. The summed E-state index contributed by atoms with van der Waals surface area (Å²) in [5.41, 5.74) is 2.87. The minimum absolute atomic E-state index is 0.158. The van der Waals surface area contributed by atoms with Gasteiger partial charge in [-0.15, -0.1) is 0 Å². The fraction of sp³-hybridized carbons (Fsp3) is 0.148. The summed E-state index contributed by atoms with van der Waals surface area (Å²) in [4.78, 5) is 5.98. The molecule has 0 aliphatic heterocycles. The summed E-state index contributed by atoms with van der Waals surface area (Å²) in [5, 5.41) is 0. The summed E-state index contributed by atoms with van der Waals surface area (Å²) in [6.07, 6.45) is -1.92. The maximum absolute atomic E-state index is 13.2. The Hall–Kier alpha value is -4.05. The van der Waals surface area contributed by atoms with E-state index in [1.165, 1.54) is 18.3 Å². The fourth-order valence-electron chi connectivity index (χ4n) is 3.86. The van der Waals surface area contributed by atoms with Crippen molar-refractivity contribution >= 4 is 27.2 Å². The van der Waals surface area contributed by atoms with E-state index in [-0.39, 0.29) is 5.82 Å². The number of hydrogen-bond acceptors (Lipinski definition) is 5. The zero-order valence-electron chi connectivity index (χ0n) is 20.0. The van der Waals surface area contributed by atoms with E-state index in [4.69, 9.17) is 4.74 Å². The van der Waals surface area contributed by atoms with Crippen LogP contribution in [-0.4, -0.2) is 26.8 Å². The van der Waals surface area contributed by atoms with Crippen LogP contribution in [0.2, 0.25) is 0 Å². The van der Waals surface area contributed by atoms with E-state index in [2.05, 4.69) is 9.71 Å². The molecule has 0 spiro atoms. The van der Waals surface area contributed by atoms with Crippen molar-refractivity contribution in [3.63, 3.8) is 0 Å². The van der Waals surface area contributed by atoms with Crippen LogP contribution in [0.1, 0.15) is 11.1 Å². The summed E-state index contributed by atoms with van der Waals surface area (Å²) < 4.78 is 70.7. The van der Waals surface area contributed by atoms with E-state index in [0.717, 1.165) is 35.2 Å². The van der Waals surface area contributed by atoms with E-state index >= 15 is 0 Å². The fourth-order valence-corrected chi connectivity index (χ4v) is 4.35. The molecule has 1 heterocycles. The van der Waals surface area contributed by atoms with Crippen LogP contribution >= 0.6 is 0 Å². The number of nitrogens with zero attached hydrogens (tertiary/aromatic N) is 2. The van der Waals surface area contributed by atoms with Crippen molar-refractivity contribution in [2.75, 3.05) is 23.0 Å². The summed E-state index contributed by atoms with van der Waals surface area (Å²) in [6, 6.07) is 23.1. The number of ether oxygens (including phenoxy) is 1. The predicted octanol–water partition coefficient (Wildman–Crippen LogP) is 6.49. The van der Waals surface area contributed by atoms with Gasteiger partial charge in [0.05, 0.1) is 18.9 Å². The molecule has 37 heavy (non-hydrogen) atoms. The Balaban J connectivity index is 1.81. The van der Waals surface area contributed by atoms with Gasteiger partial charge in [-0.05, 0) is 65.7 Å². The smallest absolute Gasteiger partial charge is 0.416 e. The second kappa shape index (κ2) is 10.5. The quantitative estimate of drug-likeness (QED) is 0.284. The van der Waals surface area contributed by atoms with Crippen molar-refractivity contribution in [2.45, 2.75) is 12.7 Å². The highest BCUT2D eigenvalue weighted by Crippen LogP contribution is 2.38. The van der Waals surface area contributed by atoms with E-state index in [1.807, 2.05) is 53.4 Å². The van der Waals surface area contributed by atoms with Crippen molar-refractivity contribution < 1.29 is 26.3 Å². The summed E-state index contributed by atoms with van der Waals surface area (Å²) in [5.74, 6) is 0.846. The van der Waals surface area contributed by atoms with Crippen molar-refractivity contribution in [1.29, 1.82) is 0 Å². The Morgan fingerprint density at radius 3 is 2.24 bits per heavy atom. The van der Waals surface area contributed by atoms with Crippen LogP contribution in [0.15, 0.2) is 91.1 Å². The Bertz CT molecular complexity index is 1470. The van der Waals surface area contributed by atoms with Crippen molar-refractivity contribution in [1.82, 2.24) is 4.98 Å². The number of nitrogens with one attached hydrogen (secondary N) is 1. The van der Waals surface area contributed by atoms with Gasteiger partial charge in [0.1, 0.15) is 11.6 Å². The van der Waals surface area contributed by atoms with E-state index in [0.29, 0.717) is 23.5 Å². The van der Waals surface area contributed by atoms with Crippen LogP contribution in [0, 0.1) is 0 Å². The first-order valence-corrected chi connectivity index (χ1v) is 13.0. The summed E-state index contributed by atoms with van der Waals surface area (Å²) in [6.45, 7) is 0.353. The van der Waals surface area contributed by atoms with Gasteiger partial charge in [-0.3, -0.25) is 4.72 Å². The van der Waals surface area contributed by atoms with Crippen LogP contribution in [0.25, 0.3) is 11.1 Å². The first kappa shape index (κ1) is 26.0. The molecule has 0 atom stereocenters.